The van der Waals surface area contributed by atoms with Gasteiger partial charge in [0.25, 0.3) is 0 Å². The lowest BCUT2D eigenvalue weighted by atomic mass is 9.87. The van der Waals surface area contributed by atoms with Gasteiger partial charge < -0.3 is 5.11 Å². The first kappa shape index (κ1) is 9.41. The summed E-state index contributed by atoms with van der Waals surface area (Å²) in [5, 5.41) is 10.2. The molecule has 0 saturated carbocycles. The Labute approximate surface area is 84.3 Å². The van der Waals surface area contributed by atoms with Gasteiger partial charge in [-0.1, -0.05) is 18.2 Å². The van der Waals surface area contributed by atoms with Gasteiger partial charge in [0.15, 0.2) is 0 Å². The molecule has 1 aliphatic rings. The molecule has 0 bridgehead atoms. The second kappa shape index (κ2) is 3.93. The molecular formula is C12H15NO. The van der Waals surface area contributed by atoms with E-state index in [1.807, 2.05) is 24.3 Å². The number of pyridine rings is 1. The highest BCUT2D eigenvalue weighted by atomic mass is 16.3. The van der Waals surface area contributed by atoms with E-state index in [0.29, 0.717) is 6.42 Å². The largest absolute Gasteiger partial charge is 0.385 e. The third kappa shape index (κ3) is 2.20. The average Bonchev–Trinajstić information content (AvgIpc) is 2.19. The summed E-state index contributed by atoms with van der Waals surface area (Å²) in [5.74, 6) is 0. The van der Waals surface area contributed by atoms with Crippen molar-refractivity contribution in [2.24, 2.45) is 0 Å². The third-order valence-electron chi connectivity index (χ3n) is 2.62. The average molecular weight is 189 g/mol. The molecule has 1 aromatic rings. The summed E-state index contributed by atoms with van der Waals surface area (Å²) >= 11 is 0. The molecule has 2 rings (SSSR count). The standard InChI is InChI=1S/C12H15NO/c14-12(7-3-1-4-8-12)10-11-6-2-5-9-13-11/h2-3,5-7,9,14H,1,4,8,10H2. The van der Waals surface area contributed by atoms with Gasteiger partial charge in [0, 0.05) is 18.3 Å². The molecule has 1 heterocycles. The molecule has 14 heavy (non-hydrogen) atoms. The Bertz CT molecular complexity index is 320. The van der Waals surface area contributed by atoms with E-state index in [0.717, 1.165) is 25.0 Å². The van der Waals surface area contributed by atoms with E-state index in [1.54, 1.807) is 6.20 Å². The van der Waals surface area contributed by atoms with Crippen LogP contribution in [0.25, 0.3) is 0 Å². The lowest BCUT2D eigenvalue weighted by Crippen LogP contribution is -2.30. The molecule has 0 amide bonds. The maximum Gasteiger partial charge on any atom is 0.0883 e. The number of hydrogen-bond donors (Lipinski definition) is 1. The number of rotatable bonds is 2. The smallest absolute Gasteiger partial charge is 0.0883 e. The zero-order valence-corrected chi connectivity index (χ0v) is 8.19. The summed E-state index contributed by atoms with van der Waals surface area (Å²) in [7, 11) is 0. The van der Waals surface area contributed by atoms with Crippen LogP contribution in [-0.4, -0.2) is 15.7 Å². The summed E-state index contributed by atoms with van der Waals surface area (Å²) in [6, 6.07) is 5.81. The van der Waals surface area contributed by atoms with Crippen LogP contribution in [0, 0.1) is 0 Å². The van der Waals surface area contributed by atoms with Gasteiger partial charge in [0.2, 0.25) is 0 Å². The van der Waals surface area contributed by atoms with Crippen LogP contribution in [0.4, 0.5) is 0 Å². The first-order chi connectivity index (χ1) is 6.79. The highest BCUT2D eigenvalue weighted by molar-refractivity contribution is 5.13. The van der Waals surface area contributed by atoms with Crippen molar-refractivity contribution >= 4 is 0 Å². The van der Waals surface area contributed by atoms with Crippen LogP contribution in [-0.2, 0) is 6.42 Å². The summed E-state index contributed by atoms with van der Waals surface area (Å²) in [6.07, 6.45) is 9.39. The van der Waals surface area contributed by atoms with Crippen LogP contribution in [0.15, 0.2) is 36.5 Å². The molecule has 0 spiro atoms. The van der Waals surface area contributed by atoms with Crippen molar-refractivity contribution in [3.8, 4) is 0 Å². The van der Waals surface area contributed by atoms with Crippen LogP contribution < -0.4 is 0 Å². The molecule has 74 valence electrons. The van der Waals surface area contributed by atoms with E-state index in [1.165, 1.54) is 0 Å². The molecule has 0 aromatic carbocycles. The van der Waals surface area contributed by atoms with Crippen molar-refractivity contribution < 1.29 is 5.11 Å². The van der Waals surface area contributed by atoms with Crippen LogP contribution >= 0.6 is 0 Å². The Balaban J connectivity index is 2.10. The van der Waals surface area contributed by atoms with Gasteiger partial charge in [0.05, 0.1) is 5.60 Å². The van der Waals surface area contributed by atoms with Crippen LogP contribution in [0.3, 0.4) is 0 Å². The molecule has 0 radical (unpaired) electrons. The van der Waals surface area contributed by atoms with E-state index in [4.69, 9.17) is 0 Å². The van der Waals surface area contributed by atoms with Crippen LogP contribution in [0.5, 0.6) is 0 Å². The van der Waals surface area contributed by atoms with E-state index >= 15 is 0 Å². The first-order valence-corrected chi connectivity index (χ1v) is 5.09. The Morgan fingerprint density at radius 1 is 1.43 bits per heavy atom. The van der Waals surface area contributed by atoms with E-state index in [-0.39, 0.29) is 0 Å². The minimum absolute atomic E-state index is 0.629. The number of aliphatic hydroxyl groups is 1. The molecule has 1 unspecified atom stereocenters. The molecule has 1 aliphatic carbocycles. The molecule has 1 aromatic heterocycles. The fraction of sp³-hybridized carbons (Fsp3) is 0.417. The van der Waals surface area contributed by atoms with Gasteiger partial charge in [-0.3, -0.25) is 4.98 Å². The molecule has 0 fully saturated rings. The third-order valence-corrected chi connectivity index (χ3v) is 2.62. The number of aromatic nitrogens is 1. The summed E-state index contributed by atoms with van der Waals surface area (Å²) in [4.78, 5) is 4.22. The molecule has 1 atom stereocenters. The quantitative estimate of drug-likeness (QED) is 0.723. The van der Waals surface area contributed by atoms with E-state index < -0.39 is 5.60 Å². The lowest BCUT2D eigenvalue weighted by molar-refractivity contribution is 0.0741. The minimum atomic E-state index is -0.660. The van der Waals surface area contributed by atoms with Gasteiger partial charge in [0.1, 0.15) is 0 Å². The lowest BCUT2D eigenvalue weighted by Gasteiger charge is -2.26. The van der Waals surface area contributed by atoms with Crippen molar-refractivity contribution in [1.29, 1.82) is 0 Å². The van der Waals surface area contributed by atoms with Crippen molar-refractivity contribution in [1.82, 2.24) is 4.98 Å². The number of hydrogen-bond acceptors (Lipinski definition) is 2. The minimum Gasteiger partial charge on any atom is -0.385 e. The summed E-state index contributed by atoms with van der Waals surface area (Å²) in [5.41, 5.74) is 0.300. The fourth-order valence-corrected chi connectivity index (χ4v) is 1.88. The van der Waals surface area contributed by atoms with Gasteiger partial charge in [-0.25, -0.2) is 0 Å². The monoisotopic (exact) mass is 189 g/mol. The predicted molar refractivity (Wildman–Crippen MR) is 55.9 cm³/mol. The number of allylic oxidation sites excluding steroid dienone is 1. The van der Waals surface area contributed by atoms with E-state index in [2.05, 4.69) is 11.1 Å². The molecule has 0 aliphatic heterocycles. The topological polar surface area (TPSA) is 33.1 Å². The molecule has 0 saturated heterocycles. The SMILES string of the molecule is OC1(Cc2ccccn2)C=CCCC1. The Morgan fingerprint density at radius 2 is 2.36 bits per heavy atom. The molecule has 2 nitrogen and oxygen atoms in total. The zero-order valence-electron chi connectivity index (χ0n) is 8.19. The van der Waals surface area contributed by atoms with Crippen LogP contribution in [0.2, 0.25) is 0 Å². The zero-order chi connectivity index (χ0) is 9.86. The molecule has 2 heteroatoms. The van der Waals surface area contributed by atoms with Gasteiger partial charge in [-0.2, -0.15) is 0 Å². The molecular weight excluding hydrogens is 174 g/mol. The maximum atomic E-state index is 10.2. The second-order valence-electron chi connectivity index (χ2n) is 3.90. The summed E-state index contributed by atoms with van der Waals surface area (Å²) in [6.45, 7) is 0. The second-order valence-corrected chi connectivity index (χ2v) is 3.90. The highest BCUT2D eigenvalue weighted by Crippen LogP contribution is 2.25. The number of nitrogens with zero attached hydrogens (tertiary/aromatic N) is 1. The maximum absolute atomic E-state index is 10.2. The van der Waals surface area contributed by atoms with Crippen molar-refractivity contribution in [2.75, 3.05) is 0 Å². The Hall–Kier alpha value is -1.15. The van der Waals surface area contributed by atoms with Gasteiger partial charge >= 0.3 is 0 Å². The van der Waals surface area contributed by atoms with Gasteiger partial charge in [-0.15, -0.1) is 0 Å². The van der Waals surface area contributed by atoms with E-state index in [9.17, 15) is 5.11 Å². The highest BCUT2D eigenvalue weighted by Gasteiger charge is 2.25. The normalized spacial score (nSPS) is 26.4. The van der Waals surface area contributed by atoms with Gasteiger partial charge in [-0.05, 0) is 31.4 Å². The molecule has 1 N–H and O–H groups in total. The van der Waals surface area contributed by atoms with Crippen molar-refractivity contribution in [2.45, 2.75) is 31.3 Å². The summed E-state index contributed by atoms with van der Waals surface area (Å²) < 4.78 is 0. The van der Waals surface area contributed by atoms with Crippen molar-refractivity contribution in [3.05, 3.63) is 42.2 Å². The fourth-order valence-electron chi connectivity index (χ4n) is 1.88. The van der Waals surface area contributed by atoms with Crippen molar-refractivity contribution in [3.63, 3.8) is 0 Å². The first-order valence-electron chi connectivity index (χ1n) is 5.09. The van der Waals surface area contributed by atoms with Crippen LogP contribution in [0.1, 0.15) is 25.0 Å². The predicted octanol–water partition coefficient (Wildman–Crippen LogP) is 2.10. The Morgan fingerprint density at radius 3 is 3.00 bits per heavy atom. The Kier molecular flexibility index (Phi) is 2.64.